The van der Waals surface area contributed by atoms with Crippen molar-refractivity contribution in [3.05, 3.63) is 126 Å². The first-order valence-corrected chi connectivity index (χ1v) is 13.4. The van der Waals surface area contributed by atoms with E-state index in [1.165, 1.54) is 11.8 Å². The number of benzene rings is 3. The van der Waals surface area contributed by atoms with E-state index in [-0.39, 0.29) is 17.4 Å². The molecule has 198 valence electrons. The lowest BCUT2D eigenvalue weighted by Crippen LogP contribution is -2.30. The van der Waals surface area contributed by atoms with E-state index >= 15 is 0 Å². The van der Waals surface area contributed by atoms with Gasteiger partial charge in [-0.05, 0) is 71.6 Å². The van der Waals surface area contributed by atoms with Crippen LogP contribution in [0.2, 0.25) is 0 Å². The first-order chi connectivity index (χ1) is 19.5. The van der Waals surface area contributed by atoms with Crippen LogP contribution in [0.4, 0.5) is 11.4 Å². The van der Waals surface area contributed by atoms with Crippen molar-refractivity contribution < 1.29 is 14.4 Å². The lowest BCUT2D eigenvalue weighted by molar-refractivity contribution is -0.114. The summed E-state index contributed by atoms with van der Waals surface area (Å²) in [6.07, 6.45) is 6.65. The van der Waals surface area contributed by atoms with Crippen molar-refractivity contribution in [1.29, 1.82) is 0 Å². The Hall–Kier alpha value is -5.15. The fraction of sp³-hybridized carbons (Fsp3) is 0.0323. The number of carbonyl (C=O) groups is 3. The minimum atomic E-state index is -0.493. The average Bonchev–Trinajstić information content (AvgIpc) is 3.45. The molecule has 8 nitrogen and oxygen atoms in total. The topological polar surface area (TPSA) is 116 Å². The van der Waals surface area contributed by atoms with Crippen molar-refractivity contribution >= 4 is 57.8 Å². The molecule has 3 amide bonds. The first kappa shape index (κ1) is 26.5. The van der Waals surface area contributed by atoms with Crippen LogP contribution in [0, 0.1) is 0 Å². The van der Waals surface area contributed by atoms with Crippen LogP contribution in [0.3, 0.4) is 0 Å². The molecule has 0 unspecified atom stereocenters. The van der Waals surface area contributed by atoms with Crippen LogP contribution in [-0.2, 0) is 9.59 Å². The fourth-order valence-electron chi connectivity index (χ4n) is 3.90. The molecule has 4 N–H and O–H groups in total. The number of nitrogens with one attached hydrogen (secondary N) is 4. The number of rotatable bonds is 9. The van der Waals surface area contributed by atoms with E-state index in [2.05, 4.69) is 25.9 Å². The third kappa shape index (κ3) is 7.03. The number of H-pyrrole nitrogens is 1. The summed E-state index contributed by atoms with van der Waals surface area (Å²) in [5, 5.41) is 9.53. The highest BCUT2D eigenvalue weighted by molar-refractivity contribution is 8.00. The Balaban J connectivity index is 1.24. The average molecular weight is 548 g/mol. The summed E-state index contributed by atoms with van der Waals surface area (Å²) >= 11 is 1.35. The minimum Gasteiger partial charge on any atom is -0.361 e. The quantitative estimate of drug-likeness (QED) is 0.140. The molecule has 0 saturated carbocycles. The molecule has 0 radical (unpaired) electrons. The maximum atomic E-state index is 13.3. The van der Waals surface area contributed by atoms with E-state index < -0.39 is 11.8 Å². The third-order valence-electron chi connectivity index (χ3n) is 5.82. The highest BCUT2D eigenvalue weighted by Crippen LogP contribution is 2.23. The van der Waals surface area contributed by atoms with E-state index in [1.54, 1.807) is 73.1 Å². The lowest BCUT2D eigenvalue weighted by Gasteiger charge is -2.12. The Kier molecular flexibility index (Phi) is 8.33. The van der Waals surface area contributed by atoms with Crippen LogP contribution in [0.1, 0.15) is 15.9 Å². The highest BCUT2D eigenvalue weighted by Gasteiger charge is 2.15. The van der Waals surface area contributed by atoms with Gasteiger partial charge in [0.15, 0.2) is 0 Å². The molecule has 2 aromatic heterocycles. The van der Waals surface area contributed by atoms with Gasteiger partial charge in [0, 0.05) is 45.9 Å². The lowest BCUT2D eigenvalue weighted by atomic mass is 10.2. The smallest absolute Gasteiger partial charge is 0.272 e. The first-order valence-electron chi connectivity index (χ1n) is 12.4. The van der Waals surface area contributed by atoms with Gasteiger partial charge in [-0.3, -0.25) is 19.4 Å². The van der Waals surface area contributed by atoms with Crippen LogP contribution in [0.5, 0.6) is 0 Å². The number of aromatic nitrogens is 2. The van der Waals surface area contributed by atoms with Crippen molar-refractivity contribution in [3.8, 4) is 0 Å². The van der Waals surface area contributed by atoms with Gasteiger partial charge < -0.3 is 20.9 Å². The molecular weight excluding hydrogens is 522 g/mol. The molecule has 5 rings (SSSR count). The number of thioether (sulfide) groups is 1. The van der Waals surface area contributed by atoms with Gasteiger partial charge in [0.25, 0.3) is 11.8 Å². The van der Waals surface area contributed by atoms with Crippen molar-refractivity contribution in [2.24, 2.45) is 0 Å². The third-order valence-corrected chi connectivity index (χ3v) is 6.82. The zero-order valence-corrected chi connectivity index (χ0v) is 22.1. The summed E-state index contributed by atoms with van der Waals surface area (Å²) in [6, 6.07) is 27.0. The second-order valence-electron chi connectivity index (χ2n) is 8.76. The number of aromatic amines is 1. The zero-order valence-electron chi connectivity index (χ0n) is 21.3. The SMILES string of the molecule is O=C(CSc1cccc(NC(=O)/C(=C/c2cccnc2)NC(=O)c2ccccc2)c1)Nc1ccc2cc[nH]c2c1. The second-order valence-corrected chi connectivity index (χ2v) is 9.81. The monoisotopic (exact) mass is 547 g/mol. The molecule has 0 aliphatic heterocycles. The number of pyridine rings is 1. The molecule has 0 bridgehead atoms. The number of anilines is 2. The van der Waals surface area contributed by atoms with Crippen molar-refractivity contribution in [1.82, 2.24) is 15.3 Å². The largest absolute Gasteiger partial charge is 0.361 e. The Morgan fingerprint density at radius 2 is 1.70 bits per heavy atom. The number of carbonyl (C=O) groups excluding carboxylic acids is 3. The van der Waals surface area contributed by atoms with E-state index in [0.717, 1.165) is 15.8 Å². The van der Waals surface area contributed by atoms with Gasteiger partial charge in [-0.2, -0.15) is 0 Å². The van der Waals surface area contributed by atoms with Gasteiger partial charge in [-0.1, -0.05) is 36.4 Å². The molecule has 9 heteroatoms. The Bertz CT molecular complexity index is 1680. The molecule has 0 fully saturated rings. The predicted molar refractivity (Wildman–Crippen MR) is 159 cm³/mol. The number of fused-ring (bicyclic) bond motifs is 1. The predicted octanol–water partition coefficient (Wildman–Crippen LogP) is 5.70. The van der Waals surface area contributed by atoms with E-state index in [1.807, 2.05) is 42.6 Å². The molecule has 0 atom stereocenters. The molecule has 2 heterocycles. The number of nitrogens with zero attached hydrogens (tertiary/aromatic N) is 1. The van der Waals surface area contributed by atoms with Gasteiger partial charge in [0.2, 0.25) is 5.91 Å². The summed E-state index contributed by atoms with van der Waals surface area (Å²) in [7, 11) is 0. The molecule has 0 saturated heterocycles. The Morgan fingerprint density at radius 3 is 2.52 bits per heavy atom. The summed E-state index contributed by atoms with van der Waals surface area (Å²) in [6.45, 7) is 0. The van der Waals surface area contributed by atoms with Crippen LogP contribution in [0.15, 0.2) is 120 Å². The standard InChI is InChI=1S/C31H25N5O3S/c37-29(34-25-12-11-22-13-15-33-27(22)18-25)20-40-26-10-4-9-24(17-26)35-31(39)28(16-21-6-5-14-32-19-21)36-30(38)23-7-2-1-3-8-23/h1-19,33H,20H2,(H,34,37)(H,35,39)(H,36,38)/b28-16-. The van der Waals surface area contributed by atoms with Gasteiger partial charge in [-0.15, -0.1) is 11.8 Å². The summed E-state index contributed by atoms with van der Waals surface area (Å²) in [4.78, 5) is 46.6. The zero-order chi connectivity index (χ0) is 27.7. The van der Waals surface area contributed by atoms with Gasteiger partial charge >= 0.3 is 0 Å². The van der Waals surface area contributed by atoms with Crippen LogP contribution in [0.25, 0.3) is 17.0 Å². The summed E-state index contributed by atoms with van der Waals surface area (Å²) < 4.78 is 0. The van der Waals surface area contributed by atoms with Crippen LogP contribution in [-0.4, -0.2) is 33.4 Å². The fourth-order valence-corrected chi connectivity index (χ4v) is 4.66. The maximum absolute atomic E-state index is 13.3. The van der Waals surface area contributed by atoms with Gasteiger partial charge in [0.1, 0.15) is 5.70 Å². The molecule has 0 aliphatic carbocycles. The van der Waals surface area contributed by atoms with Gasteiger partial charge in [-0.25, -0.2) is 0 Å². The normalized spacial score (nSPS) is 11.2. The molecular formula is C31H25N5O3S. The maximum Gasteiger partial charge on any atom is 0.272 e. The van der Waals surface area contributed by atoms with Gasteiger partial charge in [0.05, 0.1) is 5.75 Å². The molecule has 5 aromatic rings. The summed E-state index contributed by atoms with van der Waals surface area (Å²) in [5.74, 6) is -0.848. The van der Waals surface area contributed by atoms with Crippen molar-refractivity contribution in [2.45, 2.75) is 4.90 Å². The molecule has 0 aliphatic rings. The van der Waals surface area contributed by atoms with Crippen molar-refractivity contribution in [3.63, 3.8) is 0 Å². The summed E-state index contributed by atoms with van der Waals surface area (Å²) in [5.41, 5.74) is 3.35. The van der Waals surface area contributed by atoms with E-state index in [4.69, 9.17) is 0 Å². The molecule has 40 heavy (non-hydrogen) atoms. The highest BCUT2D eigenvalue weighted by atomic mass is 32.2. The second kappa shape index (κ2) is 12.6. The minimum absolute atomic E-state index is 0.0679. The Morgan fingerprint density at radius 1 is 0.850 bits per heavy atom. The van der Waals surface area contributed by atoms with Crippen LogP contribution >= 0.6 is 11.8 Å². The van der Waals surface area contributed by atoms with E-state index in [0.29, 0.717) is 22.5 Å². The number of amides is 3. The van der Waals surface area contributed by atoms with Crippen LogP contribution < -0.4 is 16.0 Å². The van der Waals surface area contributed by atoms with Crippen molar-refractivity contribution in [2.75, 3.05) is 16.4 Å². The number of hydrogen-bond donors (Lipinski definition) is 4. The molecule has 0 spiro atoms. The molecule has 3 aromatic carbocycles. The Labute approximate surface area is 234 Å². The van der Waals surface area contributed by atoms with E-state index in [9.17, 15) is 14.4 Å². The number of hydrogen-bond acceptors (Lipinski definition) is 5.